The van der Waals surface area contributed by atoms with Crippen molar-refractivity contribution in [3.63, 3.8) is 0 Å². The highest BCUT2D eigenvalue weighted by Crippen LogP contribution is 2.20. The number of aromatic nitrogens is 2. The fourth-order valence-corrected chi connectivity index (χ4v) is 3.29. The Morgan fingerprint density at radius 1 is 1.22 bits per heavy atom. The van der Waals surface area contributed by atoms with Gasteiger partial charge < -0.3 is 10.2 Å². The zero-order valence-corrected chi connectivity index (χ0v) is 13.8. The molecule has 3 rings (SSSR count). The van der Waals surface area contributed by atoms with Gasteiger partial charge in [0.25, 0.3) is 0 Å². The number of hydrogen-bond donors (Lipinski definition) is 1. The Bertz CT molecular complexity index is 642. The Labute approximate surface area is 137 Å². The van der Waals surface area contributed by atoms with E-state index in [-0.39, 0.29) is 6.03 Å². The second-order valence-electron chi connectivity index (χ2n) is 6.64. The Morgan fingerprint density at radius 3 is 2.61 bits per heavy atom. The van der Waals surface area contributed by atoms with Crippen LogP contribution in [0.15, 0.2) is 42.7 Å². The summed E-state index contributed by atoms with van der Waals surface area (Å²) in [5.41, 5.74) is 2.02. The molecule has 2 aromatic rings. The van der Waals surface area contributed by atoms with Crippen molar-refractivity contribution in [3.05, 3.63) is 48.3 Å². The van der Waals surface area contributed by atoms with E-state index >= 15 is 0 Å². The van der Waals surface area contributed by atoms with Crippen molar-refractivity contribution >= 4 is 6.03 Å². The van der Waals surface area contributed by atoms with Gasteiger partial charge in [-0.1, -0.05) is 32.0 Å². The normalized spacial score (nSPS) is 21.2. The smallest absolute Gasteiger partial charge is 0.317 e. The average Bonchev–Trinajstić information content (AvgIpc) is 3.01. The lowest BCUT2D eigenvalue weighted by molar-refractivity contribution is 0.146. The number of carbonyl (C=O) groups excluding carboxylic acids is 1. The van der Waals surface area contributed by atoms with Gasteiger partial charge in [-0.3, -0.25) is 0 Å². The van der Waals surface area contributed by atoms with E-state index in [1.54, 1.807) is 6.20 Å². The largest absolute Gasteiger partial charge is 0.334 e. The van der Waals surface area contributed by atoms with Gasteiger partial charge in [0.05, 0.1) is 11.9 Å². The molecule has 2 atom stereocenters. The monoisotopic (exact) mass is 312 g/mol. The lowest BCUT2D eigenvalue weighted by Gasteiger charge is -2.34. The third-order valence-electron chi connectivity index (χ3n) is 4.26. The van der Waals surface area contributed by atoms with Crippen LogP contribution in [0.25, 0.3) is 5.69 Å². The molecule has 1 aliphatic heterocycles. The molecule has 0 bridgehead atoms. The number of para-hydroxylation sites is 1. The fraction of sp³-hybridized carbons (Fsp3) is 0.444. The highest BCUT2D eigenvalue weighted by atomic mass is 16.2. The molecule has 5 heteroatoms. The van der Waals surface area contributed by atoms with Crippen LogP contribution in [0.2, 0.25) is 0 Å². The highest BCUT2D eigenvalue weighted by Gasteiger charge is 2.25. The molecule has 1 N–H and O–H groups in total. The standard InChI is InChI=1S/C18H24N4O/c1-14-8-15(2)12-21(11-14)18(23)19-9-16-10-20-22(13-16)17-6-4-3-5-7-17/h3-7,10,13-15H,8-9,11-12H2,1-2H3,(H,19,23). The minimum Gasteiger partial charge on any atom is -0.334 e. The summed E-state index contributed by atoms with van der Waals surface area (Å²) < 4.78 is 1.83. The zero-order chi connectivity index (χ0) is 16.2. The number of carbonyl (C=O) groups is 1. The highest BCUT2D eigenvalue weighted by molar-refractivity contribution is 5.74. The number of rotatable bonds is 3. The summed E-state index contributed by atoms with van der Waals surface area (Å²) in [6, 6.07) is 9.98. The van der Waals surface area contributed by atoms with Crippen LogP contribution in [0.1, 0.15) is 25.8 Å². The number of nitrogens with one attached hydrogen (secondary N) is 1. The molecule has 1 aliphatic rings. The Morgan fingerprint density at radius 2 is 1.91 bits per heavy atom. The number of hydrogen-bond acceptors (Lipinski definition) is 2. The van der Waals surface area contributed by atoms with Crippen LogP contribution in [0.4, 0.5) is 4.79 Å². The third-order valence-corrected chi connectivity index (χ3v) is 4.26. The first-order valence-electron chi connectivity index (χ1n) is 8.23. The second-order valence-corrected chi connectivity index (χ2v) is 6.64. The van der Waals surface area contributed by atoms with Gasteiger partial charge in [-0.15, -0.1) is 0 Å². The lowest BCUT2D eigenvalue weighted by Crippen LogP contribution is -2.47. The van der Waals surface area contributed by atoms with E-state index in [4.69, 9.17) is 0 Å². The van der Waals surface area contributed by atoms with Crippen molar-refractivity contribution in [2.24, 2.45) is 11.8 Å². The maximum atomic E-state index is 12.3. The third kappa shape index (κ3) is 3.92. The van der Waals surface area contributed by atoms with Crippen molar-refractivity contribution in [2.45, 2.75) is 26.8 Å². The molecule has 1 saturated heterocycles. The summed E-state index contributed by atoms with van der Waals surface area (Å²) in [5, 5.41) is 7.36. The van der Waals surface area contributed by atoms with Crippen LogP contribution in [0.3, 0.4) is 0 Å². The van der Waals surface area contributed by atoms with Gasteiger partial charge >= 0.3 is 6.03 Å². The van der Waals surface area contributed by atoms with E-state index in [0.29, 0.717) is 18.4 Å². The molecule has 2 amide bonds. The minimum atomic E-state index is 0.0239. The number of amides is 2. The van der Waals surface area contributed by atoms with Gasteiger partial charge in [0.1, 0.15) is 0 Å². The lowest BCUT2D eigenvalue weighted by atomic mass is 9.92. The number of likely N-dealkylation sites (tertiary alicyclic amines) is 1. The maximum Gasteiger partial charge on any atom is 0.317 e. The molecule has 5 nitrogen and oxygen atoms in total. The predicted molar refractivity (Wildman–Crippen MR) is 90.3 cm³/mol. The van der Waals surface area contributed by atoms with Crippen molar-refractivity contribution in [1.82, 2.24) is 20.0 Å². The molecule has 23 heavy (non-hydrogen) atoms. The second kappa shape index (κ2) is 6.86. The van der Waals surface area contributed by atoms with Gasteiger partial charge in [0, 0.05) is 31.4 Å². The van der Waals surface area contributed by atoms with Crippen molar-refractivity contribution in [3.8, 4) is 5.69 Å². The molecule has 0 spiro atoms. The number of nitrogens with zero attached hydrogens (tertiary/aromatic N) is 3. The number of urea groups is 1. The summed E-state index contributed by atoms with van der Waals surface area (Å²) in [4.78, 5) is 14.3. The molecule has 2 heterocycles. The first-order valence-corrected chi connectivity index (χ1v) is 8.23. The number of piperidine rings is 1. The van der Waals surface area contributed by atoms with Gasteiger partial charge in [0.15, 0.2) is 0 Å². The quantitative estimate of drug-likeness (QED) is 0.947. The molecule has 0 radical (unpaired) electrons. The first kappa shape index (κ1) is 15.6. The van der Waals surface area contributed by atoms with E-state index in [9.17, 15) is 4.79 Å². The van der Waals surface area contributed by atoms with Crippen molar-refractivity contribution < 1.29 is 4.79 Å². The van der Waals surface area contributed by atoms with Crippen LogP contribution in [0.5, 0.6) is 0 Å². The van der Waals surface area contributed by atoms with Crippen LogP contribution in [0, 0.1) is 11.8 Å². The van der Waals surface area contributed by atoms with Gasteiger partial charge in [0.2, 0.25) is 0 Å². The van der Waals surface area contributed by atoms with E-state index < -0.39 is 0 Å². The summed E-state index contributed by atoms with van der Waals surface area (Å²) in [5.74, 6) is 1.15. The summed E-state index contributed by atoms with van der Waals surface area (Å²) in [6.45, 7) is 6.61. The van der Waals surface area contributed by atoms with Crippen LogP contribution >= 0.6 is 0 Å². The predicted octanol–water partition coefficient (Wildman–Crippen LogP) is 3.06. The molecule has 1 aromatic heterocycles. The molecule has 1 aromatic carbocycles. The Hall–Kier alpha value is -2.30. The summed E-state index contributed by atoms with van der Waals surface area (Å²) >= 11 is 0. The molecule has 0 saturated carbocycles. The van der Waals surface area contributed by atoms with Crippen LogP contribution in [-0.4, -0.2) is 33.8 Å². The average molecular weight is 312 g/mol. The maximum absolute atomic E-state index is 12.3. The van der Waals surface area contributed by atoms with E-state index in [1.807, 2.05) is 46.1 Å². The molecule has 122 valence electrons. The number of benzene rings is 1. The van der Waals surface area contributed by atoms with Gasteiger partial charge in [-0.05, 0) is 30.4 Å². The van der Waals surface area contributed by atoms with Crippen molar-refractivity contribution in [2.75, 3.05) is 13.1 Å². The van der Waals surface area contributed by atoms with Crippen LogP contribution < -0.4 is 5.32 Å². The zero-order valence-electron chi connectivity index (χ0n) is 13.8. The van der Waals surface area contributed by atoms with E-state index in [2.05, 4.69) is 24.3 Å². The van der Waals surface area contributed by atoms with Crippen molar-refractivity contribution in [1.29, 1.82) is 0 Å². The van der Waals surface area contributed by atoms with Gasteiger partial charge in [-0.2, -0.15) is 5.10 Å². The van der Waals surface area contributed by atoms with E-state index in [0.717, 1.165) is 24.3 Å². The summed E-state index contributed by atoms with van der Waals surface area (Å²) in [7, 11) is 0. The van der Waals surface area contributed by atoms with E-state index in [1.165, 1.54) is 6.42 Å². The first-order chi connectivity index (χ1) is 11.1. The van der Waals surface area contributed by atoms with Gasteiger partial charge in [-0.25, -0.2) is 9.48 Å². The summed E-state index contributed by atoms with van der Waals surface area (Å²) in [6.07, 6.45) is 4.96. The molecular formula is C18H24N4O. The topological polar surface area (TPSA) is 50.2 Å². The minimum absolute atomic E-state index is 0.0239. The molecular weight excluding hydrogens is 288 g/mol. The fourth-order valence-electron chi connectivity index (χ4n) is 3.29. The molecule has 1 fully saturated rings. The molecule has 2 unspecified atom stereocenters. The molecule has 0 aliphatic carbocycles. The SMILES string of the molecule is CC1CC(C)CN(C(=O)NCc2cnn(-c3ccccc3)c2)C1. The Balaban J connectivity index is 1.56. The Kier molecular flexibility index (Phi) is 4.65. The van der Waals surface area contributed by atoms with Crippen LogP contribution in [-0.2, 0) is 6.54 Å².